The van der Waals surface area contributed by atoms with E-state index in [1.54, 1.807) is 4.90 Å². The van der Waals surface area contributed by atoms with E-state index in [1.165, 1.54) is 0 Å². The predicted octanol–water partition coefficient (Wildman–Crippen LogP) is 1.18. The molecule has 2 rings (SSSR count). The Kier molecular flexibility index (Phi) is 3.45. The van der Waals surface area contributed by atoms with Crippen molar-refractivity contribution in [3.8, 4) is 0 Å². The highest BCUT2D eigenvalue weighted by molar-refractivity contribution is 5.78. The molecule has 18 heavy (non-hydrogen) atoms. The molecular formula is C12H18N4O2. The lowest BCUT2D eigenvalue weighted by Gasteiger charge is -2.37. The Bertz CT molecular complexity index is 463. The number of piperidine rings is 1. The topological polar surface area (TPSA) is 79.2 Å². The van der Waals surface area contributed by atoms with Crippen molar-refractivity contribution in [3.63, 3.8) is 0 Å². The molecule has 6 heteroatoms. The number of carbonyl (C=O) groups is 1. The average molecular weight is 250 g/mol. The maximum atomic E-state index is 11.4. The van der Waals surface area contributed by atoms with Crippen LogP contribution in [-0.4, -0.2) is 38.8 Å². The van der Waals surface area contributed by atoms with Crippen LogP contribution in [-0.2, 0) is 4.79 Å². The van der Waals surface area contributed by atoms with Crippen LogP contribution in [0.15, 0.2) is 0 Å². The first-order valence-corrected chi connectivity index (χ1v) is 6.18. The van der Waals surface area contributed by atoms with Gasteiger partial charge in [0, 0.05) is 6.54 Å². The third-order valence-corrected chi connectivity index (χ3v) is 3.52. The summed E-state index contributed by atoms with van der Waals surface area (Å²) in [5, 5.41) is 17.4. The van der Waals surface area contributed by atoms with E-state index in [4.69, 9.17) is 0 Å². The highest BCUT2D eigenvalue weighted by Crippen LogP contribution is 2.26. The summed E-state index contributed by atoms with van der Waals surface area (Å²) in [7, 11) is 0. The number of nitrogens with zero attached hydrogens (tertiary/aromatic N) is 4. The molecule has 0 amide bonds. The molecule has 0 radical (unpaired) electrons. The number of aromatic nitrogens is 3. The van der Waals surface area contributed by atoms with Gasteiger partial charge in [0.25, 0.3) is 0 Å². The van der Waals surface area contributed by atoms with Crippen LogP contribution in [0.5, 0.6) is 0 Å². The molecule has 1 N–H and O–H groups in total. The van der Waals surface area contributed by atoms with Crippen molar-refractivity contribution in [2.24, 2.45) is 5.92 Å². The molecule has 0 saturated carbocycles. The number of anilines is 1. The fourth-order valence-corrected chi connectivity index (χ4v) is 2.36. The van der Waals surface area contributed by atoms with Gasteiger partial charge in [0.05, 0.1) is 11.4 Å². The van der Waals surface area contributed by atoms with E-state index >= 15 is 0 Å². The molecule has 2 atom stereocenters. The van der Waals surface area contributed by atoms with Crippen LogP contribution in [0.4, 0.5) is 5.95 Å². The molecular weight excluding hydrogens is 232 g/mol. The Morgan fingerprint density at radius 1 is 1.33 bits per heavy atom. The van der Waals surface area contributed by atoms with Crippen molar-refractivity contribution in [1.82, 2.24) is 15.2 Å². The zero-order chi connectivity index (χ0) is 13.3. The Morgan fingerprint density at radius 2 is 2.06 bits per heavy atom. The highest BCUT2D eigenvalue weighted by atomic mass is 16.4. The summed E-state index contributed by atoms with van der Waals surface area (Å²) in [6, 6.07) is -0.553. The van der Waals surface area contributed by atoms with Crippen LogP contribution in [0.25, 0.3) is 0 Å². The van der Waals surface area contributed by atoms with Gasteiger partial charge in [0.1, 0.15) is 6.04 Å². The van der Waals surface area contributed by atoms with Crippen LogP contribution >= 0.6 is 0 Å². The number of rotatable bonds is 2. The van der Waals surface area contributed by atoms with E-state index in [0.717, 1.165) is 24.2 Å². The SMILES string of the molecule is Cc1nnc(N2CCCC(C)C2C(=O)O)nc1C. The molecule has 0 bridgehead atoms. The summed E-state index contributed by atoms with van der Waals surface area (Å²) >= 11 is 0. The predicted molar refractivity (Wildman–Crippen MR) is 66.5 cm³/mol. The van der Waals surface area contributed by atoms with Crippen LogP contribution in [0, 0.1) is 19.8 Å². The van der Waals surface area contributed by atoms with Crippen LogP contribution < -0.4 is 4.90 Å². The van der Waals surface area contributed by atoms with Gasteiger partial charge in [-0.15, -0.1) is 5.10 Å². The summed E-state index contributed by atoms with van der Waals surface area (Å²) in [4.78, 5) is 17.5. The molecule has 0 aliphatic carbocycles. The van der Waals surface area contributed by atoms with Crippen molar-refractivity contribution in [2.45, 2.75) is 39.7 Å². The fraction of sp³-hybridized carbons (Fsp3) is 0.667. The van der Waals surface area contributed by atoms with E-state index in [-0.39, 0.29) is 5.92 Å². The highest BCUT2D eigenvalue weighted by Gasteiger charge is 2.35. The van der Waals surface area contributed by atoms with Gasteiger partial charge in [0.2, 0.25) is 5.95 Å². The van der Waals surface area contributed by atoms with Gasteiger partial charge in [-0.2, -0.15) is 5.10 Å². The number of hydrogen-bond acceptors (Lipinski definition) is 5. The van der Waals surface area contributed by atoms with Crippen molar-refractivity contribution in [3.05, 3.63) is 11.4 Å². The molecule has 0 spiro atoms. The number of carboxylic acids is 1. The summed E-state index contributed by atoms with van der Waals surface area (Å²) in [5.74, 6) is -0.289. The monoisotopic (exact) mass is 250 g/mol. The molecule has 1 fully saturated rings. The fourth-order valence-electron chi connectivity index (χ4n) is 2.36. The molecule has 1 aromatic rings. The Hall–Kier alpha value is -1.72. The molecule has 2 heterocycles. The lowest BCUT2D eigenvalue weighted by molar-refractivity contribution is -0.140. The summed E-state index contributed by atoms with van der Waals surface area (Å²) in [5.41, 5.74) is 1.57. The van der Waals surface area contributed by atoms with Gasteiger partial charge in [-0.1, -0.05) is 6.92 Å². The summed E-state index contributed by atoms with van der Waals surface area (Å²) < 4.78 is 0. The zero-order valence-electron chi connectivity index (χ0n) is 10.9. The third-order valence-electron chi connectivity index (χ3n) is 3.52. The second kappa shape index (κ2) is 4.88. The van der Waals surface area contributed by atoms with Crippen LogP contribution in [0.3, 0.4) is 0 Å². The lowest BCUT2D eigenvalue weighted by Crippen LogP contribution is -2.50. The minimum Gasteiger partial charge on any atom is -0.480 e. The van der Waals surface area contributed by atoms with Crippen molar-refractivity contribution >= 4 is 11.9 Å². The van der Waals surface area contributed by atoms with Gasteiger partial charge >= 0.3 is 5.97 Å². The number of aliphatic carboxylic acids is 1. The first-order chi connectivity index (χ1) is 8.50. The molecule has 2 unspecified atom stereocenters. The van der Waals surface area contributed by atoms with E-state index < -0.39 is 12.0 Å². The van der Waals surface area contributed by atoms with Crippen molar-refractivity contribution in [1.29, 1.82) is 0 Å². The maximum absolute atomic E-state index is 11.4. The van der Waals surface area contributed by atoms with Gasteiger partial charge in [0.15, 0.2) is 0 Å². The number of aryl methyl sites for hydroxylation is 2. The average Bonchev–Trinajstić information content (AvgIpc) is 2.32. The van der Waals surface area contributed by atoms with E-state index in [9.17, 15) is 9.90 Å². The molecule has 1 aromatic heterocycles. The quantitative estimate of drug-likeness (QED) is 0.849. The second-order valence-electron chi connectivity index (χ2n) is 4.88. The van der Waals surface area contributed by atoms with Crippen LogP contribution in [0.2, 0.25) is 0 Å². The summed E-state index contributed by atoms with van der Waals surface area (Å²) in [6.45, 7) is 6.33. The Labute approximate surface area is 106 Å². The van der Waals surface area contributed by atoms with E-state index in [0.29, 0.717) is 12.5 Å². The molecule has 98 valence electrons. The number of hydrogen-bond donors (Lipinski definition) is 1. The van der Waals surface area contributed by atoms with E-state index in [2.05, 4.69) is 15.2 Å². The number of carboxylic acid groups (broad SMARTS) is 1. The van der Waals surface area contributed by atoms with Gasteiger partial charge < -0.3 is 10.0 Å². The second-order valence-corrected chi connectivity index (χ2v) is 4.88. The molecule has 6 nitrogen and oxygen atoms in total. The molecule has 1 saturated heterocycles. The largest absolute Gasteiger partial charge is 0.480 e. The lowest BCUT2D eigenvalue weighted by atomic mass is 9.91. The molecule has 0 aromatic carbocycles. The summed E-state index contributed by atoms with van der Waals surface area (Å²) in [6.07, 6.45) is 1.88. The molecule has 1 aliphatic rings. The minimum absolute atomic E-state index is 0.0986. The third kappa shape index (κ3) is 2.27. The smallest absolute Gasteiger partial charge is 0.326 e. The van der Waals surface area contributed by atoms with Crippen molar-refractivity contribution in [2.75, 3.05) is 11.4 Å². The van der Waals surface area contributed by atoms with Gasteiger partial charge in [-0.25, -0.2) is 9.78 Å². The first kappa shape index (κ1) is 12.7. The van der Waals surface area contributed by atoms with Crippen LogP contribution in [0.1, 0.15) is 31.2 Å². The van der Waals surface area contributed by atoms with Crippen molar-refractivity contribution < 1.29 is 9.90 Å². The first-order valence-electron chi connectivity index (χ1n) is 6.18. The Morgan fingerprint density at radius 3 is 2.67 bits per heavy atom. The van der Waals surface area contributed by atoms with Gasteiger partial charge in [-0.05, 0) is 32.6 Å². The zero-order valence-corrected chi connectivity index (χ0v) is 10.9. The van der Waals surface area contributed by atoms with Gasteiger partial charge in [-0.3, -0.25) is 0 Å². The normalized spacial score (nSPS) is 24.1. The maximum Gasteiger partial charge on any atom is 0.326 e. The minimum atomic E-state index is -0.816. The Balaban J connectivity index is 2.34. The standard InChI is InChI=1S/C12H18N4O2/c1-7-5-4-6-16(10(7)11(17)18)12-13-8(2)9(3)14-15-12/h7,10H,4-6H2,1-3H3,(H,17,18). The van der Waals surface area contributed by atoms with E-state index in [1.807, 2.05) is 20.8 Å². The molecule has 1 aliphatic heterocycles.